The maximum absolute atomic E-state index is 11.0. The lowest BCUT2D eigenvalue weighted by Crippen LogP contribution is -1.98. The summed E-state index contributed by atoms with van der Waals surface area (Å²) in [5.41, 5.74) is 2.52. The predicted octanol–water partition coefficient (Wildman–Crippen LogP) is 3.76. The molecule has 7 heteroatoms. The van der Waals surface area contributed by atoms with Crippen LogP contribution in [0.15, 0.2) is 47.2 Å². The second kappa shape index (κ2) is 5.76. The number of non-ortho nitro benzene ring substituents is 1. The van der Waals surface area contributed by atoms with Crippen LogP contribution in [0.4, 0.5) is 5.69 Å². The summed E-state index contributed by atoms with van der Waals surface area (Å²) in [5.74, 6) is 0.789. The lowest BCUT2D eigenvalue weighted by atomic mass is 10.2. The summed E-state index contributed by atoms with van der Waals surface area (Å²) in [5, 5.41) is 11.0. The van der Waals surface area contributed by atoms with Crippen LogP contribution in [0.3, 0.4) is 0 Å². The zero-order valence-electron chi connectivity index (χ0n) is 11.7. The number of hydrogen-bond acceptors (Lipinski definition) is 4. The van der Waals surface area contributed by atoms with Crippen LogP contribution in [-0.2, 0) is 6.54 Å². The Balaban J connectivity index is 2.01. The van der Waals surface area contributed by atoms with Gasteiger partial charge in [-0.2, -0.15) is 0 Å². The Morgan fingerprint density at radius 1 is 1.32 bits per heavy atom. The quantitative estimate of drug-likeness (QED) is 0.523. The molecule has 0 saturated carbocycles. The minimum absolute atomic E-state index is 0.0378. The Kier molecular flexibility index (Phi) is 3.81. The van der Waals surface area contributed by atoms with Crippen molar-refractivity contribution in [3.8, 4) is 5.75 Å². The van der Waals surface area contributed by atoms with E-state index in [1.165, 1.54) is 12.1 Å². The lowest BCUT2D eigenvalue weighted by molar-refractivity contribution is -0.384. The molecule has 0 N–H and O–H groups in total. The number of aromatic nitrogens is 2. The maximum Gasteiger partial charge on any atom is 0.272 e. The van der Waals surface area contributed by atoms with Crippen LogP contribution in [0.2, 0.25) is 0 Å². The van der Waals surface area contributed by atoms with Gasteiger partial charge in [-0.05, 0) is 33.6 Å². The van der Waals surface area contributed by atoms with Crippen molar-refractivity contribution in [2.75, 3.05) is 7.11 Å². The highest BCUT2D eigenvalue weighted by Crippen LogP contribution is 2.29. The molecule has 0 unspecified atom stereocenters. The summed E-state index contributed by atoms with van der Waals surface area (Å²) >= 11 is 3.34. The third-order valence-corrected chi connectivity index (χ3v) is 3.99. The molecule has 22 heavy (non-hydrogen) atoms. The zero-order valence-corrected chi connectivity index (χ0v) is 13.3. The summed E-state index contributed by atoms with van der Waals surface area (Å²) in [7, 11) is 1.62. The lowest BCUT2D eigenvalue weighted by Gasteiger charge is -2.06. The predicted molar refractivity (Wildman–Crippen MR) is 86.2 cm³/mol. The Labute approximate surface area is 134 Å². The molecule has 0 fully saturated rings. The summed E-state index contributed by atoms with van der Waals surface area (Å²) in [6.45, 7) is 0.577. The van der Waals surface area contributed by atoms with Gasteiger partial charge in [-0.15, -0.1) is 0 Å². The van der Waals surface area contributed by atoms with Gasteiger partial charge in [0.15, 0.2) is 0 Å². The fraction of sp³-hybridized carbons (Fsp3) is 0.133. The van der Waals surface area contributed by atoms with E-state index in [9.17, 15) is 10.1 Å². The fourth-order valence-electron chi connectivity index (χ4n) is 2.27. The summed E-state index contributed by atoms with van der Waals surface area (Å²) in [6, 6.07) is 10.7. The zero-order chi connectivity index (χ0) is 15.7. The van der Waals surface area contributed by atoms with Gasteiger partial charge < -0.3 is 9.30 Å². The first-order valence-electron chi connectivity index (χ1n) is 6.50. The van der Waals surface area contributed by atoms with Crippen LogP contribution in [0.1, 0.15) is 5.56 Å². The highest BCUT2D eigenvalue weighted by atomic mass is 79.9. The number of rotatable bonds is 4. The van der Waals surface area contributed by atoms with Gasteiger partial charge in [-0.1, -0.05) is 12.1 Å². The van der Waals surface area contributed by atoms with E-state index in [1.54, 1.807) is 13.4 Å². The Morgan fingerprint density at radius 2 is 2.05 bits per heavy atom. The van der Waals surface area contributed by atoms with Crippen LogP contribution < -0.4 is 4.74 Å². The van der Waals surface area contributed by atoms with Gasteiger partial charge in [0, 0.05) is 18.7 Å². The van der Waals surface area contributed by atoms with Gasteiger partial charge in [0.05, 0.1) is 28.3 Å². The van der Waals surface area contributed by atoms with E-state index in [0.29, 0.717) is 16.5 Å². The van der Waals surface area contributed by atoms with Crippen molar-refractivity contribution in [2.45, 2.75) is 6.54 Å². The van der Waals surface area contributed by atoms with Crippen molar-refractivity contribution in [3.63, 3.8) is 0 Å². The molecule has 0 bridgehead atoms. The average Bonchev–Trinajstić information content (AvgIpc) is 2.91. The van der Waals surface area contributed by atoms with Crippen LogP contribution in [0.25, 0.3) is 11.0 Å². The number of imidazole rings is 1. The average molecular weight is 362 g/mol. The minimum atomic E-state index is -0.408. The van der Waals surface area contributed by atoms with Crippen LogP contribution in [-0.4, -0.2) is 21.6 Å². The second-order valence-electron chi connectivity index (χ2n) is 4.77. The van der Waals surface area contributed by atoms with Crippen molar-refractivity contribution in [2.24, 2.45) is 0 Å². The monoisotopic (exact) mass is 361 g/mol. The van der Waals surface area contributed by atoms with E-state index in [0.717, 1.165) is 16.8 Å². The van der Waals surface area contributed by atoms with Crippen molar-refractivity contribution in [1.29, 1.82) is 0 Å². The summed E-state index contributed by atoms with van der Waals surface area (Å²) in [4.78, 5) is 14.9. The van der Waals surface area contributed by atoms with E-state index in [4.69, 9.17) is 4.74 Å². The number of ether oxygens (including phenoxy) is 1. The van der Waals surface area contributed by atoms with Crippen LogP contribution >= 0.6 is 15.9 Å². The second-order valence-corrected chi connectivity index (χ2v) is 5.63. The largest absolute Gasteiger partial charge is 0.497 e. The van der Waals surface area contributed by atoms with Crippen LogP contribution in [0, 0.1) is 10.1 Å². The van der Waals surface area contributed by atoms with E-state index < -0.39 is 4.92 Å². The van der Waals surface area contributed by atoms with Gasteiger partial charge in [0.2, 0.25) is 0 Å². The normalized spacial score (nSPS) is 10.8. The number of fused-ring (bicyclic) bond motifs is 1. The number of halogens is 1. The van der Waals surface area contributed by atoms with E-state index >= 15 is 0 Å². The first kappa shape index (κ1) is 14.5. The molecule has 3 aromatic rings. The molecule has 112 valence electrons. The third-order valence-electron chi connectivity index (χ3n) is 3.39. The molecule has 2 aromatic carbocycles. The summed E-state index contributed by atoms with van der Waals surface area (Å²) < 4.78 is 7.63. The molecule has 1 aromatic heterocycles. The Bertz CT molecular complexity index is 843. The van der Waals surface area contributed by atoms with Crippen molar-refractivity contribution >= 4 is 32.7 Å². The molecule has 3 rings (SSSR count). The van der Waals surface area contributed by atoms with Gasteiger partial charge in [0.25, 0.3) is 5.69 Å². The van der Waals surface area contributed by atoms with Gasteiger partial charge in [0.1, 0.15) is 11.3 Å². The fourth-order valence-corrected chi connectivity index (χ4v) is 2.81. The molecule has 0 saturated heterocycles. The molecule has 0 atom stereocenters. The standard InChI is InChI=1S/C15H12BrN3O3/c1-22-12-4-2-10(3-5-12)8-18-9-17-15-13(16)6-11(19(20)21)7-14(15)18/h2-7,9H,8H2,1H3. The first-order chi connectivity index (χ1) is 10.6. The van der Waals surface area contributed by atoms with Gasteiger partial charge >= 0.3 is 0 Å². The minimum Gasteiger partial charge on any atom is -0.497 e. The smallest absolute Gasteiger partial charge is 0.272 e. The number of nitro benzene ring substituents is 1. The van der Waals surface area contributed by atoms with Crippen molar-refractivity contribution < 1.29 is 9.66 Å². The number of nitrogens with zero attached hydrogens (tertiary/aromatic N) is 3. The van der Waals surface area contributed by atoms with E-state index in [-0.39, 0.29) is 5.69 Å². The Hall–Kier alpha value is -2.41. The highest BCUT2D eigenvalue weighted by molar-refractivity contribution is 9.10. The highest BCUT2D eigenvalue weighted by Gasteiger charge is 2.14. The molecular formula is C15H12BrN3O3. The SMILES string of the molecule is COc1ccc(Cn2cnc3c(Br)cc([N+](=O)[O-])cc32)cc1. The van der Waals surface area contributed by atoms with Crippen LogP contribution in [0.5, 0.6) is 5.75 Å². The molecule has 0 aliphatic rings. The number of hydrogen-bond donors (Lipinski definition) is 0. The van der Waals surface area contributed by atoms with Crippen molar-refractivity contribution in [3.05, 3.63) is 62.9 Å². The molecular weight excluding hydrogens is 350 g/mol. The number of methoxy groups -OCH3 is 1. The Morgan fingerprint density at radius 3 is 2.68 bits per heavy atom. The molecule has 0 radical (unpaired) electrons. The third kappa shape index (κ3) is 2.67. The first-order valence-corrected chi connectivity index (χ1v) is 7.29. The van der Waals surface area contributed by atoms with Gasteiger partial charge in [-0.3, -0.25) is 10.1 Å². The van der Waals surface area contributed by atoms with E-state index in [2.05, 4.69) is 20.9 Å². The molecule has 0 aliphatic heterocycles. The topological polar surface area (TPSA) is 70.2 Å². The van der Waals surface area contributed by atoms with Gasteiger partial charge in [-0.25, -0.2) is 4.98 Å². The maximum atomic E-state index is 11.0. The molecule has 0 amide bonds. The van der Waals surface area contributed by atoms with E-state index in [1.807, 2.05) is 28.8 Å². The molecule has 6 nitrogen and oxygen atoms in total. The summed E-state index contributed by atoms with van der Waals surface area (Å²) in [6.07, 6.45) is 1.68. The van der Waals surface area contributed by atoms with Crippen molar-refractivity contribution in [1.82, 2.24) is 9.55 Å². The number of nitro groups is 1. The molecule has 0 aliphatic carbocycles. The molecule has 0 spiro atoms. The molecule has 1 heterocycles. The number of benzene rings is 2.